The van der Waals surface area contributed by atoms with E-state index in [1.807, 2.05) is 0 Å². The molecule has 0 aliphatic heterocycles. The molecule has 2 N–H and O–H groups in total. The maximum absolute atomic E-state index is 8.77. The maximum Gasteiger partial charge on any atom is 0.202 e. The maximum atomic E-state index is 8.77. The van der Waals surface area contributed by atoms with Gasteiger partial charge in [-0.15, -0.1) is 0 Å². The molecule has 1 saturated carbocycles. The third-order valence-electron chi connectivity index (χ3n) is 2.61. The van der Waals surface area contributed by atoms with Crippen LogP contribution >= 0.6 is 11.5 Å². The second kappa shape index (κ2) is 4.90. The van der Waals surface area contributed by atoms with Crippen LogP contribution in [-0.4, -0.2) is 27.6 Å². The van der Waals surface area contributed by atoms with E-state index in [2.05, 4.69) is 21.6 Å². The number of nitrogens with zero attached hydrogens (tertiary/aromatic N) is 2. The minimum absolute atomic E-state index is 0.256. The fourth-order valence-electron chi connectivity index (χ4n) is 1.40. The number of rotatable bonds is 6. The summed E-state index contributed by atoms with van der Waals surface area (Å²) in [5.74, 6) is 2.12. The molecule has 1 heterocycles. The summed E-state index contributed by atoms with van der Waals surface area (Å²) in [6.45, 7) is 3.23. The molecule has 1 aliphatic carbocycles. The lowest BCUT2D eigenvalue weighted by Gasteiger charge is -2.09. The van der Waals surface area contributed by atoms with Crippen LogP contribution in [0.2, 0.25) is 0 Å². The van der Waals surface area contributed by atoms with E-state index in [1.165, 1.54) is 24.4 Å². The molecule has 2 rings (SSSR count). The van der Waals surface area contributed by atoms with E-state index in [0.717, 1.165) is 23.9 Å². The Hall–Kier alpha value is -0.680. The predicted molar refractivity (Wildman–Crippen MR) is 61.2 cm³/mol. The summed E-state index contributed by atoms with van der Waals surface area (Å²) in [4.78, 5) is 4.44. The highest BCUT2D eigenvalue weighted by Crippen LogP contribution is 2.39. The molecule has 0 spiro atoms. The van der Waals surface area contributed by atoms with Gasteiger partial charge in [0.15, 0.2) is 0 Å². The standard InChI is InChI=1S/C10H17N3OS/c1-7(4-5-14)6-11-10-12-9(13-15-10)8-2-3-8/h7-8,14H,2-6H2,1H3,(H,11,12,13). The Morgan fingerprint density at radius 1 is 1.60 bits per heavy atom. The molecule has 1 aromatic heterocycles. The average Bonchev–Trinajstić information content (AvgIpc) is 2.96. The summed E-state index contributed by atoms with van der Waals surface area (Å²) < 4.78 is 4.32. The lowest BCUT2D eigenvalue weighted by molar-refractivity contribution is 0.266. The largest absolute Gasteiger partial charge is 0.396 e. The normalized spacial score (nSPS) is 17.7. The van der Waals surface area contributed by atoms with Gasteiger partial charge in [-0.3, -0.25) is 0 Å². The Balaban J connectivity index is 1.77. The smallest absolute Gasteiger partial charge is 0.202 e. The van der Waals surface area contributed by atoms with Gasteiger partial charge in [0.05, 0.1) is 0 Å². The van der Waals surface area contributed by atoms with Crippen molar-refractivity contribution in [2.45, 2.75) is 32.1 Å². The average molecular weight is 227 g/mol. The number of aliphatic hydroxyl groups is 1. The fourth-order valence-corrected chi connectivity index (χ4v) is 2.05. The Labute approximate surface area is 93.9 Å². The van der Waals surface area contributed by atoms with Crippen LogP contribution in [0.5, 0.6) is 0 Å². The highest BCUT2D eigenvalue weighted by Gasteiger charge is 2.27. The number of nitrogens with one attached hydrogen (secondary N) is 1. The lowest BCUT2D eigenvalue weighted by Crippen LogP contribution is -2.12. The van der Waals surface area contributed by atoms with Crippen LogP contribution in [0.15, 0.2) is 0 Å². The molecule has 84 valence electrons. The monoisotopic (exact) mass is 227 g/mol. The highest BCUT2D eigenvalue weighted by molar-refractivity contribution is 7.09. The van der Waals surface area contributed by atoms with Gasteiger partial charge in [-0.2, -0.15) is 4.37 Å². The van der Waals surface area contributed by atoms with Gasteiger partial charge in [0.25, 0.3) is 0 Å². The van der Waals surface area contributed by atoms with Gasteiger partial charge >= 0.3 is 0 Å². The van der Waals surface area contributed by atoms with E-state index in [1.54, 1.807) is 0 Å². The summed E-state index contributed by atoms with van der Waals surface area (Å²) >= 11 is 1.44. The first-order valence-corrected chi connectivity index (χ1v) is 6.25. The van der Waals surface area contributed by atoms with Gasteiger partial charge < -0.3 is 10.4 Å². The highest BCUT2D eigenvalue weighted by atomic mass is 32.1. The van der Waals surface area contributed by atoms with E-state index in [9.17, 15) is 0 Å². The molecule has 4 nitrogen and oxygen atoms in total. The van der Waals surface area contributed by atoms with Crippen LogP contribution in [-0.2, 0) is 0 Å². The van der Waals surface area contributed by atoms with Gasteiger partial charge in [0.1, 0.15) is 5.82 Å². The van der Waals surface area contributed by atoms with Gasteiger partial charge in [-0.25, -0.2) is 4.98 Å². The summed E-state index contributed by atoms with van der Waals surface area (Å²) in [5.41, 5.74) is 0. The van der Waals surface area contributed by atoms with Crippen LogP contribution in [0.25, 0.3) is 0 Å². The second-order valence-corrected chi connectivity index (χ2v) is 4.98. The fraction of sp³-hybridized carbons (Fsp3) is 0.800. The predicted octanol–water partition coefficient (Wildman–Crippen LogP) is 1.85. The molecule has 15 heavy (non-hydrogen) atoms. The van der Waals surface area contributed by atoms with Crippen molar-refractivity contribution >= 4 is 16.7 Å². The van der Waals surface area contributed by atoms with Gasteiger partial charge in [0.2, 0.25) is 5.13 Å². The zero-order valence-electron chi connectivity index (χ0n) is 8.94. The van der Waals surface area contributed by atoms with Gasteiger partial charge in [-0.05, 0) is 25.2 Å². The van der Waals surface area contributed by atoms with Crippen molar-refractivity contribution in [2.24, 2.45) is 5.92 Å². The van der Waals surface area contributed by atoms with Crippen LogP contribution in [0, 0.1) is 5.92 Å². The Bertz CT molecular complexity index is 311. The topological polar surface area (TPSA) is 58.0 Å². The molecule has 1 aliphatic rings. The number of aromatic nitrogens is 2. The van der Waals surface area contributed by atoms with Crippen molar-refractivity contribution in [3.8, 4) is 0 Å². The van der Waals surface area contributed by atoms with E-state index in [0.29, 0.717) is 11.8 Å². The SMILES string of the molecule is CC(CCO)CNc1nc(C2CC2)ns1. The number of aliphatic hydroxyl groups excluding tert-OH is 1. The van der Waals surface area contributed by atoms with Crippen LogP contribution < -0.4 is 5.32 Å². The third-order valence-corrected chi connectivity index (χ3v) is 3.29. The Morgan fingerprint density at radius 2 is 2.40 bits per heavy atom. The van der Waals surface area contributed by atoms with E-state index in [4.69, 9.17) is 5.11 Å². The Kier molecular flexibility index (Phi) is 3.53. The lowest BCUT2D eigenvalue weighted by atomic mass is 10.1. The Morgan fingerprint density at radius 3 is 3.07 bits per heavy atom. The molecule has 1 unspecified atom stereocenters. The number of hydrogen-bond donors (Lipinski definition) is 2. The zero-order chi connectivity index (χ0) is 10.7. The second-order valence-electron chi connectivity index (χ2n) is 4.23. The molecule has 0 saturated heterocycles. The van der Waals surface area contributed by atoms with E-state index in [-0.39, 0.29) is 6.61 Å². The molecule has 0 bridgehead atoms. The van der Waals surface area contributed by atoms with Gasteiger partial charge in [-0.1, -0.05) is 6.92 Å². The molecule has 1 atom stereocenters. The van der Waals surface area contributed by atoms with Crippen molar-refractivity contribution in [1.82, 2.24) is 9.36 Å². The molecule has 0 aromatic carbocycles. The van der Waals surface area contributed by atoms with E-state index < -0.39 is 0 Å². The first-order valence-electron chi connectivity index (χ1n) is 5.48. The summed E-state index contributed by atoms with van der Waals surface area (Å²) in [6, 6.07) is 0. The summed E-state index contributed by atoms with van der Waals surface area (Å²) in [6.07, 6.45) is 3.33. The third kappa shape index (κ3) is 3.14. The minimum atomic E-state index is 0.256. The first-order chi connectivity index (χ1) is 7.29. The first kappa shape index (κ1) is 10.8. The van der Waals surface area contributed by atoms with Crippen molar-refractivity contribution < 1.29 is 5.11 Å². The van der Waals surface area contributed by atoms with Crippen molar-refractivity contribution in [3.05, 3.63) is 5.82 Å². The van der Waals surface area contributed by atoms with Crippen molar-refractivity contribution in [3.63, 3.8) is 0 Å². The minimum Gasteiger partial charge on any atom is -0.396 e. The summed E-state index contributed by atoms with van der Waals surface area (Å²) in [7, 11) is 0. The molecule has 1 fully saturated rings. The van der Waals surface area contributed by atoms with Crippen LogP contribution in [0.1, 0.15) is 37.9 Å². The van der Waals surface area contributed by atoms with Crippen LogP contribution in [0.3, 0.4) is 0 Å². The summed E-state index contributed by atoms with van der Waals surface area (Å²) in [5, 5.41) is 13.0. The van der Waals surface area contributed by atoms with Crippen molar-refractivity contribution in [1.29, 1.82) is 0 Å². The molecule has 0 radical (unpaired) electrons. The molecule has 0 amide bonds. The van der Waals surface area contributed by atoms with Gasteiger partial charge in [0, 0.05) is 30.6 Å². The number of anilines is 1. The molecular formula is C10H17N3OS. The quantitative estimate of drug-likeness (QED) is 0.778. The molecule has 5 heteroatoms. The van der Waals surface area contributed by atoms with Crippen molar-refractivity contribution in [2.75, 3.05) is 18.5 Å². The molecule has 1 aromatic rings. The number of hydrogen-bond acceptors (Lipinski definition) is 5. The van der Waals surface area contributed by atoms with Crippen LogP contribution in [0.4, 0.5) is 5.13 Å². The molecular weight excluding hydrogens is 210 g/mol. The zero-order valence-corrected chi connectivity index (χ0v) is 9.76. The van der Waals surface area contributed by atoms with E-state index >= 15 is 0 Å².